The SMILES string of the molecule is C[C@H]1c2nnn(-c3ncc(F)cn3)c2CCN1C(O)c1cccc(C(F)(F)F)c1F. The minimum atomic E-state index is -4.88. The predicted molar refractivity (Wildman–Crippen MR) is 92.1 cm³/mol. The second-order valence-electron chi connectivity index (χ2n) is 6.78. The summed E-state index contributed by atoms with van der Waals surface area (Å²) in [6, 6.07) is 2.19. The molecule has 1 aliphatic heterocycles. The van der Waals surface area contributed by atoms with Crippen molar-refractivity contribution in [2.75, 3.05) is 6.54 Å². The number of halogens is 5. The highest BCUT2D eigenvalue weighted by Crippen LogP contribution is 2.38. The van der Waals surface area contributed by atoms with E-state index in [1.165, 1.54) is 9.58 Å². The van der Waals surface area contributed by atoms with E-state index in [1.54, 1.807) is 6.92 Å². The molecule has 1 aliphatic rings. The third-order valence-corrected chi connectivity index (χ3v) is 5.02. The Morgan fingerprint density at radius 2 is 1.87 bits per heavy atom. The number of benzene rings is 1. The summed E-state index contributed by atoms with van der Waals surface area (Å²) in [6.07, 6.45) is -4.25. The molecule has 2 aromatic heterocycles. The zero-order chi connectivity index (χ0) is 21.6. The van der Waals surface area contributed by atoms with E-state index in [4.69, 9.17) is 0 Å². The van der Waals surface area contributed by atoms with Gasteiger partial charge in [0.15, 0.2) is 5.82 Å². The molecular formula is C18H15F5N6O. The Labute approximate surface area is 166 Å². The van der Waals surface area contributed by atoms with Gasteiger partial charge in [0.25, 0.3) is 5.95 Å². The Morgan fingerprint density at radius 1 is 1.17 bits per heavy atom. The first-order valence-electron chi connectivity index (χ1n) is 8.90. The lowest BCUT2D eigenvalue weighted by atomic mass is 10.0. The lowest BCUT2D eigenvalue weighted by Crippen LogP contribution is -2.38. The molecule has 0 saturated carbocycles. The molecule has 12 heteroatoms. The lowest BCUT2D eigenvalue weighted by Gasteiger charge is -2.36. The number of aliphatic hydroxyl groups is 1. The van der Waals surface area contributed by atoms with Crippen molar-refractivity contribution in [3.63, 3.8) is 0 Å². The number of fused-ring (bicyclic) bond motifs is 1. The van der Waals surface area contributed by atoms with Gasteiger partial charge in [0.2, 0.25) is 0 Å². The molecule has 0 aliphatic carbocycles. The van der Waals surface area contributed by atoms with E-state index in [0.717, 1.165) is 24.5 Å². The number of nitrogens with zero attached hydrogens (tertiary/aromatic N) is 6. The number of aliphatic hydroxyl groups excluding tert-OH is 1. The summed E-state index contributed by atoms with van der Waals surface area (Å²) in [5.41, 5.74) is -0.874. The molecule has 0 radical (unpaired) electrons. The highest BCUT2D eigenvalue weighted by molar-refractivity contribution is 5.31. The Kier molecular flexibility index (Phi) is 4.98. The maximum Gasteiger partial charge on any atom is 0.419 e. The van der Waals surface area contributed by atoms with Gasteiger partial charge in [-0.15, -0.1) is 5.10 Å². The third kappa shape index (κ3) is 3.41. The first-order chi connectivity index (χ1) is 14.2. The van der Waals surface area contributed by atoms with Crippen molar-refractivity contribution < 1.29 is 27.1 Å². The van der Waals surface area contributed by atoms with Crippen molar-refractivity contribution in [1.82, 2.24) is 29.9 Å². The Bertz CT molecular complexity index is 1070. The summed E-state index contributed by atoms with van der Waals surface area (Å²) < 4.78 is 67.9. The van der Waals surface area contributed by atoms with Gasteiger partial charge in [0.1, 0.15) is 17.7 Å². The second kappa shape index (κ2) is 7.36. The van der Waals surface area contributed by atoms with Crippen LogP contribution in [0.3, 0.4) is 0 Å². The quantitative estimate of drug-likeness (QED) is 0.649. The number of hydrogen-bond donors (Lipinski definition) is 1. The van der Waals surface area contributed by atoms with E-state index in [1.807, 2.05) is 0 Å². The molecule has 0 amide bonds. The fraction of sp³-hybridized carbons (Fsp3) is 0.333. The summed E-state index contributed by atoms with van der Waals surface area (Å²) in [4.78, 5) is 9.13. The van der Waals surface area contributed by atoms with Crippen LogP contribution < -0.4 is 0 Å². The van der Waals surface area contributed by atoms with Crippen molar-refractivity contribution in [3.8, 4) is 5.95 Å². The van der Waals surface area contributed by atoms with Crippen LogP contribution in [0, 0.1) is 11.6 Å². The fourth-order valence-electron chi connectivity index (χ4n) is 3.51. The fourth-order valence-corrected chi connectivity index (χ4v) is 3.51. The molecule has 3 heterocycles. The summed E-state index contributed by atoms with van der Waals surface area (Å²) in [5.74, 6) is -2.02. The van der Waals surface area contributed by atoms with Crippen molar-refractivity contribution in [2.45, 2.75) is 31.8 Å². The van der Waals surface area contributed by atoms with Crippen molar-refractivity contribution in [1.29, 1.82) is 0 Å². The molecule has 30 heavy (non-hydrogen) atoms. The van der Waals surface area contributed by atoms with Crippen LogP contribution in [0.25, 0.3) is 5.95 Å². The molecule has 158 valence electrons. The van der Waals surface area contributed by atoms with E-state index < -0.39 is 41.2 Å². The molecule has 3 aromatic rings. The zero-order valence-electron chi connectivity index (χ0n) is 15.5. The van der Waals surface area contributed by atoms with Gasteiger partial charge >= 0.3 is 6.18 Å². The number of aromatic nitrogens is 5. The first-order valence-corrected chi connectivity index (χ1v) is 8.90. The van der Waals surface area contributed by atoms with E-state index in [-0.39, 0.29) is 18.9 Å². The van der Waals surface area contributed by atoms with Crippen LogP contribution in [-0.2, 0) is 12.6 Å². The monoisotopic (exact) mass is 426 g/mol. The average molecular weight is 426 g/mol. The minimum Gasteiger partial charge on any atom is -0.374 e. The zero-order valence-corrected chi connectivity index (χ0v) is 15.5. The Morgan fingerprint density at radius 3 is 2.53 bits per heavy atom. The van der Waals surface area contributed by atoms with E-state index >= 15 is 0 Å². The molecule has 1 N–H and O–H groups in total. The van der Waals surface area contributed by atoms with Crippen LogP contribution in [0.2, 0.25) is 0 Å². The predicted octanol–water partition coefficient (Wildman–Crippen LogP) is 2.96. The van der Waals surface area contributed by atoms with Gasteiger partial charge in [0, 0.05) is 18.5 Å². The number of alkyl halides is 3. The molecule has 1 unspecified atom stereocenters. The summed E-state index contributed by atoms with van der Waals surface area (Å²) >= 11 is 0. The van der Waals surface area contributed by atoms with Crippen LogP contribution in [0.4, 0.5) is 22.0 Å². The molecule has 0 bridgehead atoms. The molecule has 7 nitrogen and oxygen atoms in total. The summed E-state index contributed by atoms with van der Waals surface area (Å²) in [7, 11) is 0. The van der Waals surface area contributed by atoms with E-state index in [2.05, 4.69) is 20.3 Å². The summed E-state index contributed by atoms with van der Waals surface area (Å²) in [5, 5.41) is 18.7. The maximum atomic E-state index is 14.5. The second-order valence-corrected chi connectivity index (χ2v) is 6.78. The molecule has 0 spiro atoms. The highest BCUT2D eigenvalue weighted by Gasteiger charge is 2.38. The van der Waals surface area contributed by atoms with Crippen molar-refractivity contribution in [3.05, 3.63) is 64.7 Å². The van der Waals surface area contributed by atoms with Gasteiger partial charge in [-0.2, -0.15) is 17.9 Å². The van der Waals surface area contributed by atoms with Crippen molar-refractivity contribution >= 4 is 0 Å². The normalized spacial score (nSPS) is 18.3. The van der Waals surface area contributed by atoms with Crippen LogP contribution in [0.15, 0.2) is 30.6 Å². The highest BCUT2D eigenvalue weighted by atomic mass is 19.4. The first kappa shape index (κ1) is 20.3. The van der Waals surface area contributed by atoms with Crippen LogP contribution in [-0.4, -0.2) is 41.5 Å². The molecule has 0 saturated heterocycles. The standard InChI is InChI=1S/C18H15F5N6O/c1-9-15-13(29(27-26-15)17-24-7-10(19)8-25-17)5-6-28(9)16(30)11-3-2-4-12(14(11)20)18(21,22)23/h2-4,7-9,16,30H,5-6H2,1H3/t9-,16?/m0/s1. The van der Waals surface area contributed by atoms with Gasteiger partial charge in [-0.05, 0) is 13.0 Å². The average Bonchev–Trinajstić information content (AvgIpc) is 3.13. The molecule has 1 aromatic carbocycles. The van der Waals surface area contributed by atoms with Crippen LogP contribution >= 0.6 is 0 Å². The van der Waals surface area contributed by atoms with Gasteiger partial charge in [-0.25, -0.2) is 18.7 Å². The summed E-state index contributed by atoms with van der Waals surface area (Å²) in [6.45, 7) is 1.84. The Balaban J connectivity index is 1.65. The van der Waals surface area contributed by atoms with Crippen LogP contribution in [0.1, 0.15) is 41.7 Å². The van der Waals surface area contributed by atoms with Crippen LogP contribution in [0.5, 0.6) is 0 Å². The molecule has 0 fully saturated rings. The molecular weight excluding hydrogens is 411 g/mol. The smallest absolute Gasteiger partial charge is 0.374 e. The van der Waals surface area contributed by atoms with Gasteiger partial charge < -0.3 is 5.11 Å². The number of rotatable bonds is 3. The van der Waals surface area contributed by atoms with Crippen molar-refractivity contribution in [2.24, 2.45) is 0 Å². The third-order valence-electron chi connectivity index (χ3n) is 5.02. The lowest BCUT2D eigenvalue weighted by molar-refractivity contribution is -0.140. The molecule has 2 atom stereocenters. The van der Waals surface area contributed by atoms with Gasteiger partial charge in [-0.1, -0.05) is 17.3 Å². The minimum absolute atomic E-state index is 0.107. The number of hydrogen-bond acceptors (Lipinski definition) is 6. The van der Waals surface area contributed by atoms with Gasteiger partial charge in [0.05, 0.1) is 29.7 Å². The Hall–Kier alpha value is -2.99. The largest absolute Gasteiger partial charge is 0.419 e. The maximum absolute atomic E-state index is 14.5. The topological polar surface area (TPSA) is 80.0 Å². The molecule has 4 rings (SSSR count). The van der Waals surface area contributed by atoms with Gasteiger partial charge in [-0.3, -0.25) is 4.90 Å². The van der Waals surface area contributed by atoms with E-state index in [9.17, 15) is 27.1 Å². The van der Waals surface area contributed by atoms with E-state index in [0.29, 0.717) is 17.5 Å².